The van der Waals surface area contributed by atoms with E-state index in [4.69, 9.17) is 0 Å². The van der Waals surface area contributed by atoms with Gasteiger partial charge in [-0.25, -0.2) is 10.4 Å². The summed E-state index contributed by atoms with van der Waals surface area (Å²) in [7, 11) is 0. The van der Waals surface area contributed by atoms with Crippen molar-refractivity contribution < 1.29 is 9.59 Å². The van der Waals surface area contributed by atoms with Crippen LogP contribution < -0.4 is 5.43 Å². The molecule has 1 saturated heterocycles. The lowest BCUT2D eigenvalue weighted by atomic mass is 10.2. The number of hydrazone groups is 1. The van der Waals surface area contributed by atoms with Gasteiger partial charge in [0, 0.05) is 41.5 Å². The summed E-state index contributed by atoms with van der Waals surface area (Å²) in [6.45, 7) is 4.71. The van der Waals surface area contributed by atoms with Crippen LogP contribution in [0.4, 0.5) is 0 Å². The van der Waals surface area contributed by atoms with Crippen LogP contribution >= 0.6 is 11.3 Å². The molecule has 0 radical (unpaired) electrons. The zero-order valence-electron chi connectivity index (χ0n) is 15.1. The third-order valence-corrected chi connectivity index (χ3v) is 5.24. The second-order valence-corrected chi connectivity index (χ2v) is 7.27. The van der Waals surface area contributed by atoms with Crippen LogP contribution in [0.2, 0.25) is 0 Å². The topological polar surface area (TPSA) is 79.6 Å². The van der Waals surface area contributed by atoms with Crippen molar-refractivity contribution in [2.24, 2.45) is 5.10 Å². The van der Waals surface area contributed by atoms with Gasteiger partial charge in [0.2, 0.25) is 5.91 Å². The molecular formula is C18H23N5O2S. The van der Waals surface area contributed by atoms with Gasteiger partial charge in [-0.1, -0.05) is 6.42 Å². The minimum Gasteiger partial charge on any atom is -0.333 e. The first-order chi connectivity index (χ1) is 12.6. The van der Waals surface area contributed by atoms with Crippen molar-refractivity contribution in [1.82, 2.24) is 19.9 Å². The number of aryl methyl sites for hydroxylation is 1. The van der Waals surface area contributed by atoms with Crippen LogP contribution in [-0.2, 0) is 9.59 Å². The maximum absolute atomic E-state index is 12.1. The fourth-order valence-electron chi connectivity index (χ4n) is 3.13. The summed E-state index contributed by atoms with van der Waals surface area (Å²) in [6, 6.07) is 2.00. The number of nitrogens with one attached hydrogen (secondary N) is 1. The molecule has 0 aromatic carbocycles. The molecule has 1 aliphatic rings. The number of rotatable bonds is 5. The van der Waals surface area contributed by atoms with Crippen molar-refractivity contribution in [3.05, 3.63) is 34.6 Å². The highest BCUT2D eigenvalue weighted by Gasteiger charge is 2.19. The quantitative estimate of drug-likeness (QED) is 0.646. The molecule has 0 unspecified atom stereocenters. The number of likely N-dealkylation sites (tertiary alicyclic amines) is 1. The van der Waals surface area contributed by atoms with Crippen LogP contribution in [0, 0.1) is 13.8 Å². The van der Waals surface area contributed by atoms with Crippen LogP contribution in [0.3, 0.4) is 0 Å². The number of amides is 2. The SMILES string of the molecule is Cc1cc(/C=N\NC(=O)CN2CCCCCC2=O)c(C)n1-c1nccs1. The van der Waals surface area contributed by atoms with Gasteiger partial charge in [-0.15, -0.1) is 11.3 Å². The van der Waals surface area contributed by atoms with Crippen molar-refractivity contribution in [3.8, 4) is 5.13 Å². The molecule has 7 nitrogen and oxygen atoms in total. The first kappa shape index (κ1) is 18.3. The lowest BCUT2D eigenvalue weighted by molar-refractivity contribution is -0.135. The Balaban J connectivity index is 1.61. The van der Waals surface area contributed by atoms with Crippen LogP contribution in [0.15, 0.2) is 22.7 Å². The molecule has 2 aromatic heterocycles. The van der Waals surface area contributed by atoms with Gasteiger partial charge in [0.05, 0.1) is 6.21 Å². The Morgan fingerprint density at radius 3 is 3.00 bits per heavy atom. The zero-order valence-corrected chi connectivity index (χ0v) is 15.9. The molecule has 1 N–H and O–H groups in total. The van der Waals surface area contributed by atoms with Gasteiger partial charge in [-0.3, -0.25) is 14.2 Å². The van der Waals surface area contributed by atoms with Crippen LogP contribution in [0.1, 0.15) is 42.6 Å². The summed E-state index contributed by atoms with van der Waals surface area (Å²) in [4.78, 5) is 30.0. The zero-order chi connectivity index (χ0) is 18.5. The second kappa shape index (κ2) is 8.27. The van der Waals surface area contributed by atoms with Gasteiger partial charge in [0.15, 0.2) is 5.13 Å². The highest BCUT2D eigenvalue weighted by molar-refractivity contribution is 7.12. The van der Waals surface area contributed by atoms with Crippen LogP contribution in [0.5, 0.6) is 0 Å². The average Bonchev–Trinajstić information content (AvgIpc) is 3.16. The van der Waals surface area contributed by atoms with Crippen molar-refractivity contribution in [3.63, 3.8) is 0 Å². The molecular weight excluding hydrogens is 350 g/mol. The summed E-state index contributed by atoms with van der Waals surface area (Å²) in [5.74, 6) is -0.223. The van der Waals surface area contributed by atoms with Crippen LogP contribution in [0.25, 0.3) is 5.13 Å². The van der Waals surface area contributed by atoms with Gasteiger partial charge in [-0.2, -0.15) is 5.10 Å². The van der Waals surface area contributed by atoms with Crippen molar-refractivity contribution in [1.29, 1.82) is 0 Å². The van der Waals surface area contributed by atoms with Gasteiger partial charge in [0.25, 0.3) is 5.91 Å². The van der Waals surface area contributed by atoms with Gasteiger partial charge < -0.3 is 4.90 Å². The molecule has 3 heterocycles. The summed E-state index contributed by atoms with van der Waals surface area (Å²) in [5.41, 5.74) is 5.51. The number of hydrogen-bond donors (Lipinski definition) is 1. The number of thiazole rings is 1. The van der Waals surface area contributed by atoms with Crippen molar-refractivity contribution in [2.75, 3.05) is 13.1 Å². The first-order valence-electron chi connectivity index (χ1n) is 8.75. The smallest absolute Gasteiger partial charge is 0.259 e. The highest BCUT2D eigenvalue weighted by Crippen LogP contribution is 2.21. The summed E-state index contributed by atoms with van der Waals surface area (Å²) >= 11 is 1.57. The minimum atomic E-state index is -0.273. The van der Waals surface area contributed by atoms with E-state index in [1.165, 1.54) is 0 Å². The lowest BCUT2D eigenvalue weighted by Gasteiger charge is -2.18. The lowest BCUT2D eigenvalue weighted by Crippen LogP contribution is -2.39. The third-order valence-electron chi connectivity index (χ3n) is 4.48. The number of nitrogens with zero attached hydrogens (tertiary/aromatic N) is 4. The monoisotopic (exact) mass is 373 g/mol. The molecule has 0 saturated carbocycles. The molecule has 2 amide bonds. The van der Waals surface area contributed by atoms with E-state index in [1.54, 1.807) is 28.6 Å². The Morgan fingerprint density at radius 1 is 1.38 bits per heavy atom. The molecule has 1 fully saturated rings. The number of carbonyl (C=O) groups excluding carboxylic acids is 2. The average molecular weight is 373 g/mol. The van der Waals surface area contributed by atoms with E-state index in [9.17, 15) is 9.59 Å². The van der Waals surface area contributed by atoms with Gasteiger partial charge >= 0.3 is 0 Å². The Morgan fingerprint density at radius 2 is 2.23 bits per heavy atom. The third kappa shape index (κ3) is 4.19. The molecule has 0 aliphatic carbocycles. The standard InChI is InChI=1S/C18H23N5O2S/c1-13-10-15(14(2)23(13)18-19-7-9-26-18)11-20-21-16(24)12-22-8-5-3-4-6-17(22)25/h7,9-11H,3-6,8,12H2,1-2H3,(H,21,24)/b20-11-. The predicted molar refractivity (Wildman–Crippen MR) is 102 cm³/mol. The Bertz CT molecular complexity index is 810. The maximum atomic E-state index is 12.1. The Labute approximate surface area is 156 Å². The number of carbonyl (C=O) groups is 2. The summed E-state index contributed by atoms with van der Waals surface area (Å²) in [5, 5.41) is 6.90. The van der Waals surface area contributed by atoms with E-state index in [0.29, 0.717) is 13.0 Å². The maximum Gasteiger partial charge on any atom is 0.259 e. The first-order valence-corrected chi connectivity index (χ1v) is 9.62. The molecule has 26 heavy (non-hydrogen) atoms. The van der Waals surface area contributed by atoms with Crippen LogP contribution in [-0.4, -0.2) is 45.6 Å². The minimum absolute atomic E-state index is 0.0497. The number of hydrogen-bond acceptors (Lipinski definition) is 5. The molecule has 0 spiro atoms. The van der Waals surface area contributed by atoms with Crippen molar-refractivity contribution >= 4 is 29.4 Å². The Hall–Kier alpha value is -2.48. The molecule has 1 aliphatic heterocycles. The van der Waals surface area contributed by atoms with Crippen molar-refractivity contribution in [2.45, 2.75) is 39.5 Å². The fraction of sp³-hybridized carbons (Fsp3) is 0.444. The summed E-state index contributed by atoms with van der Waals surface area (Å²) in [6.07, 6.45) is 6.83. The molecule has 0 bridgehead atoms. The van der Waals surface area contributed by atoms with E-state index < -0.39 is 0 Å². The fourth-order valence-corrected chi connectivity index (χ4v) is 3.88. The van der Waals surface area contributed by atoms with E-state index in [-0.39, 0.29) is 18.4 Å². The largest absolute Gasteiger partial charge is 0.333 e. The van der Waals surface area contributed by atoms with Gasteiger partial charge in [-0.05, 0) is 32.8 Å². The molecule has 3 rings (SSSR count). The predicted octanol–water partition coefficient (Wildman–Crippen LogP) is 2.40. The molecule has 0 atom stereocenters. The summed E-state index contributed by atoms with van der Waals surface area (Å²) < 4.78 is 2.06. The highest BCUT2D eigenvalue weighted by atomic mass is 32.1. The van der Waals surface area contributed by atoms with E-state index >= 15 is 0 Å². The second-order valence-electron chi connectivity index (χ2n) is 6.40. The van der Waals surface area contributed by atoms with Gasteiger partial charge in [0.1, 0.15) is 6.54 Å². The van der Waals surface area contributed by atoms with E-state index in [1.807, 2.05) is 25.3 Å². The van der Waals surface area contributed by atoms with E-state index in [2.05, 4.69) is 20.1 Å². The molecule has 2 aromatic rings. The Kier molecular flexibility index (Phi) is 5.82. The van der Waals surface area contributed by atoms with E-state index in [0.717, 1.165) is 41.3 Å². The molecule has 8 heteroatoms. The normalized spacial score (nSPS) is 15.5. The number of aromatic nitrogens is 2. The molecule has 138 valence electrons.